The van der Waals surface area contributed by atoms with Crippen LogP contribution in [0.5, 0.6) is 0 Å². The number of hydrogen-bond donors (Lipinski definition) is 4. The van der Waals surface area contributed by atoms with Crippen molar-refractivity contribution in [2.24, 2.45) is 46.3 Å². The Morgan fingerprint density at radius 1 is 0.964 bits per heavy atom. The van der Waals surface area contributed by atoms with Crippen molar-refractivity contribution in [1.29, 1.82) is 0 Å². The van der Waals surface area contributed by atoms with Crippen LogP contribution in [-0.2, 0) is 0 Å². The Bertz CT molecular complexity index is 567. The first-order valence-electron chi connectivity index (χ1n) is 11.9. The lowest BCUT2D eigenvalue weighted by atomic mass is 9.43. The molecule has 0 radical (unpaired) electrons. The van der Waals surface area contributed by atoms with E-state index in [1.54, 1.807) is 0 Å². The van der Waals surface area contributed by atoms with Crippen LogP contribution in [0.25, 0.3) is 0 Å². The Morgan fingerprint density at radius 3 is 2.43 bits per heavy atom. The third kappa shape index (κ3) is 3.01. The summed E-state index contributed by atoms with van der Waals surface area (Å²) in [6.45, 7) is 7.23. The first-order valence-corrected chi connectivity index (χ1v) is 11.9. The van der Waals surface area contributed by atoms with Gasteiger partial charge in [0.25, 0.3) is 0 Å². The highest BCUT2D eigenvalue weighted by Gasteiger charge is 2.65. The van der Waals surface area contributed by atoms with Gasteiger partial charge in [0.1, 0.15) is 0 Å². The summed E-state index contributed by atoms with van der Waals surface area (Å²) in [5, 5.41) is 42.2. The average Bonchev–Trinajstić information content (AvgIpc) is 3.01. The van der Waals surface area contributed by atoms with Gasteiger partial charge in [-0.05, 0) is 104 Å². The Morgan fingerprint density at radius 2 is 1.71 bits per heavy atom. The number of fused-ring (bicyclic) bond motifs is 5. The largest absolute Gasteiger partial charge is 0.396 e. The topological polar surface area (TPSA) is 80.9 Å². The van der Waals surface area contributed by atoms with Gasteiger partial charge < -0.3 is 20.4 Å². The maximum absolute atomic E-state index is 11.5. The van der Waals surface area contributed by atoms with Crippen LogP contribution in [-0.4, -0.2) is 45.3 Å². The van der Waals surface area contributed by atoms with Crippen molar-refractivity contribution in [1.82, 2.24) is 0 Å². The smallest absolute Gasteiger partial charge is 0.0602 e. The van der Waals surface area contributed by atoms with Crippen LogP contribution in [0, 0.1) is 46.3 Å². The first-order chi connectivity index (χ1) is 13.2. The lowest BCUT2D eigenvalue weighted by Crippen LogP contribution is -2.62. The fourth-order valence-corrected chi connectivity index (χ4v) is 8.75. The summed E-state index contributed by atoms with van der Waals surface area (Å²) in [5.41, 5.74) is 0.0282. The molecule has 4 heteroatoms. The second-order valence-electron chi connectivity index (χ2n) is 11.4. The van der Waals surface area contributed by atoms with E-state index in [0.717, 1.165) is 57.8 Å². The van der Waals surface area contributed by atoms with Crippen molar-refractivity contribution in [2.45, 2.75) is 96.9 Å². The predicted octanol–water partition coefficient (Wildman–Crippen LogP) is 3.36. The first kappa shape index (κ1) is 21.1. The molecule has 0 unspecified atom stereocenters. The Balaban J connectivity index is 1.62. The second kappa shape index (κ2) is 7.51. The van der Waals surface area contributed by atoms with Crippen LogP contribution in [0.3, 0.4) is 0 Å². The average molecular weight is 395 g/mol. The van der Waals surface area contributed by atoms with Crippen LogP contribution in [0.4, 0.5) is 0 Å². The van der Waals surface area contributed by atoms with Gasteiger partial charge in [0, 0.05) is 6.61 Å². The molecule has 0 aromatic rings. The van der Waals surface area contributed by atoms with E-state index < -0.39 is 0 Å². The van der Waals surface area contributed by atoms with Crippen LogP contribution in [0.1, 0.15) is 78.6 Å². The molecule has 11 atom stereocenters. The molecule has 4 saturated carbocycles. The molecule has 0 spiro atoms. The van der Waals surface area contributed by atoms with E-state index in [0.29, 0.717) is 35.5 Å². The Kier molecular flexibility index (Phi) is 5.66. The summed E-state index contributed by atoms with van der Waals surface area (Å²) in [4.78, 5) is 0. The fraction of sp³-hybridized carbons (Fsp3) is 1.00. The fourth-order valence-electron chi connectivity index (χ4n) is 8.75. The summed E-state index contributed by atoms with van der Waals surface area (Å²) < 4.78 is 0. The summed E-state index contributed by atoms with van der Waals surface area (Å²) in [6.07, 6.45) is 7.62. The molecule has 4 N–H and O–H groups in total. The van der Waals surface area contributed by atoms with E-state index in [9.17, 15) is 20.4 Å². The number of rotatable bonds is 4. The standard InChI is InChI=1S/C24H42O4/c1-14(5-4-10-25)17-6-7-18-22-19(13-21(28)24(17,18)3)23(2)9-8-16(26)11-15(23)12-20(22)27/h14-22,25-28H,4-13H2,1-3H3/t14-,15+,16+,17+,18-,19+,20+,21-,22-,23-,24-/m1/s1. The van der Waals surface area contributed by atoms with Crippen molar-refractivity contribution in [3.8, 4) is 0 Å². The van der Waals surface area contributed by atoms with E-state index in [1.807, 2.05) is 0 Å². The molecule has 4 aliphatic rings. The molecule has 28 heavy (non-hydrogen) atoms. The van der Waals surface area contributed by atoms with E-state index in [-0.39, 0.29) is 35.7 Å². The molecule has 0 bridgehead atoms. The summed E-state index contributed by atoms with van der Waals surface area (Å²) in [5.74, 6) is 2.41. The molecule has 0 aromatic carbocycles. The molecule has 162 valence electrons. The van der Waals surface area contributed by atoms with Crippen molar-refractivity contribution in [2.75, 3.05) is 6.61 Å². The molecular weight excluding hydrogens is 352 g/mol. The molecule has 4 aliphatic carbocycles. The normalized spacial score (nSPS) is 54.5. The lowest BCUT2D eigenvalue weighted by molar-refractivity contribution is -0.207. The van der Waals surface area contributed by atoms with Gasteiger partial charge in [-0.2, -0.15) is 0 Å². The molecule has 4 fully saturated rings. The van der Waals surface area contributed by atoms with Gasteiger partial charge in [-0.1, -0.05) is 20.8 Å². The molecule has 0 amide bonds. The number of aliphatic hydroxyl groups is 4. The van der Waals surface area contributed by atoms with Gasteiger partial charge >= 0.3 is 0 Å². The zero-order valence-electron chi connectivity index (χ0n) is 18.1. The van der Waals surface area contributed by atoms with Crippen molar-refractivity contribution >= 4 is 0 Å². The Labute approximate surface area is 170 Å². The van der Waals surface area contributed by atoms with Crippen molar-refractivity contribution in [3.63, 3.8) is 0 Å². The number of aliphatic hydroxyl groups excluding tert-OH is 4. The molecular formula is C24H42O4. The van der Waals surface area contributed by atoms with Gasteiger partial charge in [-0.3, -0.25) is 0 Å². The quantitative estimate of drug-likeness (QED) is 0.589. The van der Waals surface area contributed by atoms with Crippen molar-refractivity contribution in [3.05, 3.63) is 0 Å². The maximum atomic E-state index is 11.5. The van der Waals surface area contributed by atoms with E-state index in [1.165, 1.54) is 0 Å². The van der Waals surface area contributed by atoms with E-state index in [2.05, 4.69) is 20.8 Å². The molecule has 4 rings (SSSR count). The zero-order valence-corrected chi connectivity index (χ0v) is 18.1. The number of hydrogen-bond acceptors (Lipinski definition) is 4. The molecule has 0 aromatic heterocycles. The zero-order chi connectivity index (χ0) is 20.3. The Hall–Kier alpha value is -0.160. The highest BCUT2D eigenvalue weighted by atomic mass is 16.3. The highest BCUT2D eigenvalue weighted by molar-refractivity contribution is 5.14. The van der Waals surface area contributed by atoms with Crippen LogP contribution < -0.4 is 0 Å². The highest BCUT2D eigenvalue weighted by Crippen LogP contribution is 2.68. The summed E-state index contributed by atoms with van der Waals surface area (Å²) in [7, 11) is 0. The van der Waals surface area contributed by atoms with Gasteiger partial charge in [-0.25, -0.2) is 0 Å². The summed E-state index contributed by atoms with van der Waals surface area (Å²) in [6, 6.07) is 0. The van der Waals surface area contributed by atoms with Crippen LogP contribution in [0.2, 0.25) is 0 Å². The molecule has 0 heterocycles. The van der Waals surface area contributed by atoms with Gasteiger partial charge in [0.05, 0.1) is 18.3 Å². The van der Waals surface area contributed by atoms with E-state index >= 15 is 0 Å². The monoisotopic (exact) mass is 394 g/mol. The minimum atomic E-state index is -0.308. The van der Waals surface area contributed by atoms with Crippen LogP contribution in [0.15, 0.2) is 0 Å². The van der Waals surface area contributed by atoms with Gasteiger partial charge in [0.2, 0.25) is 0 Å². The third-order valence-corrected chi connectivity index (χ3v) is 10.3. The molecule has 4 nitrogen and oxygen atoms in total. The van der Waals surface area contributed by atoms with E-state index in [4.69, 9.17) is 0 Å². The predicted molar refractivity (Wildman–Crippen MR) is 109 cm³/mol. The minimum Gasteiger partial charge on any atom is -0.396 e. The molecule has 0 saturated heterocycles. The second-order valence-corrected chi connectivity index (χ2v) is 11.4. The van der Waals surface area contributed by atoms with Gasteiger partial charge in [0.15, 0.2) is 0 Å². The van der Waals surface area contributed by atoms with Crippen LogP contribution >= 0.6 is 0 Å². The van der Waals surface area contributed by atoms with Crippen molar-refractivity contribution < 1.29 is 20.4 Å². The third-order valence-electron chi connectivity index (χ3n) is 10.3. The van der Waals surface area contributed by atoms with Gasteiger partial charge in [-0.15, -0.1) is 0 Å². The lowest BCUT2D eigenvalue weighted by Gasteiger charge is -2.63. The minimum absolute atomic E-state index is 0.117. The summed E-state index contributed by atoms with van der Waals surface area (Å²) >= 11 is 0. The maximum Gasteiger partial charge on any atom is 0.0602 e. The SMILES string of the molecule is C[C@H](CCCO)[C@@H]1CC[C@@H]2[C@H]3[C@@H](O)C[C@@H]4C[C@@H](O)CC[C@@]4(C)[C@H]3C[C@@H](O)[C@@]21C. The molecule has 0 aliphatic heterocycles.